The Morgan fingerprint density at radius 1 is 1.43 bits per heavy atom. The molecule has 0 bridgehead atoms. The SMILES string of the molecule is CNC(=O)N1C(=Cc2ccc([N+](=O)[O-])o2)Nc2c(N)cccc21. The molecule has 0 saturated heterocycles. The maximum Gasteiger partial charge on any atom is 0.433 e. The molecule has 9 nitrogen and oxygen atoms in total. The Balaban J connectivity index is 2.04. The number of nitro groups is 1. The molecule has 4 N–H and O–H groups in total. The molecule has 2 amide bonds. The van der Waals surface area contributed by atoms with E-state index in [9.17, 15) is 14.9 Å². The molecule has 3 rings (SSSR count). The maximum atomic E-state index is 12.2. The van der Waals surface area contributed by atoms with E-state index in [-0.39, 0.29) is 17.7 Å². The Hall–Kier alpha value is -3.49. The van der Waals surface area contributed by atoms with Gasteiger partial charge in [0, 0.05) is 13.1 Å². The Bertz CT molecular complexity index is 826. The number of rotatable bonds is 2. The molecule has 0 spiro atoms. The van der Waals surface area contributed by atoms with Gasteiger partial charge in [0.25, 0.3) is 0 Å². The van der Waals surface area contributed by atoms with E-state index in [0.29, 0.717) is 22.9 Å². The number of carbonyl (C=O) groups excluding carboxylic acids is 1. The van der Waals surface area contributed by atoms with Crippen LogP contribution in [0.2, 0.25) is 0 Å². The zero-order chi connectivity index (χ0) is 16.6. The van der Waals surface area contributed by atoms with Gasteiger partial charge in [0.05, 0.1) is 23.1 Å². The Morgan fingerprint density at radius 2 is 2.22 bits per heavy atom. The monoisotopic (exact) mass is 315 g/mol. The van der Waals surface area contributed by atoms with Crippen LogP contribution < -0.4 is 21.3 Å². The van der Waals surface area contributed by atoms with Gasteiger partial charge >= 0.3 is 11.9 Å². The first kappa shape index (κ1) is 14.4. The fourth-order valence-corrected chi connectivity index (χ4v) is 2.28. The summed E-state index contributed by atoms with van der Waals surface area (Å²) in [7, 11) is 1.50. The van der Waals surface area contributed by atoms with Crippen molar-refractivity contribution in [3.63, 3.8) is 0 Å². The summed E-state index contributed by atoms with van der Waals surface area (Å²) < 4.78 is 5.09. The smallest absolute Gasteiger partial charge is 0.401 e. The van der Waals surface area contributed by atoms with E-state index >= 15 is 0 Å². The molecule has 1 aliphatic rings. The quantitative estimate of drug-likeness (QED) is 0.443. The molecule has 2 heterocycles. The zero-order valence-corrected chi connectivity index (χ0v) is 12.1. The van der Waals surface area contributed by atoms with Crippen LogP contribution in [0.4, 0.5) is 27.7 Å². The number of fused-ring (bicyclic) bond motifs is 1. The number of para-hydroxylation sites is 1. The second kappa shape index (κ2) is 5.37. The van der Waals surface area contributed by atoms with Crippen LogP contribution in [-0.4, -0.2) is 18.0 Å². The number of hydrogen-bond acceptors (Lipinski definition) is 6. The maximum absolute atomic E-state index is 12.2. The highest BCUT2D eigenvalue weighted by molar-refractivity contribution is 6.06. The predicted molar refractivity (Wildman–Crippen MR) is 84.8 cm³/mol. The lowest BCUT2D eigenvalue weighted by Crippen LogP contribution is -2.36. The van der Waals surface area contributed by atoms with Crippen molar-refractivity contribution in [3.8, 4) is 0 Å². The molecular formula is C14H13N5O4. The number of nitrogens with zero attached hydrogens (tertiary/aromatic N) is 2. The van der Waals surface area contributed by atoms with Gasteiger partial charge in [-0.3, -0.25) is 10.1 Å². The average molecular weight is 315 g/mol. The third kappa shape index (κ3) is 2.44. The lowest BCUT2D eigenvalue weighted by Gasteiger charge is -2.16. The highest BCUT2D eigenvalue weighted by Crippen LogP contribution is 2.41. The Morgan fingerprint density at radius 3 is 2.87 bits per heavy atom. The number of nitrogens with one attached hydrogen (secondary N) is 2. The van der Waals surface area contributed by atoms with Crippen molar-refractivity contribution in [1.82, 2.24) is 5.32 Å². The summed E-state index contributed by atoms with van der Waals surface area (Å²) in [6.07, 6.45) is 1.49. The molecule has 1 aromatic heterocycles. The number of urea groups is 1. The number of benzene rings is 1. The van der Waals surface area contributed by atoms with Gasteiger partial charge in [-0.25, -0.2) is 9.69 Å². The van der Waals surface area contributed by atoms with Gasteiger partial charge < -0.3 is 20.8 Å². The van der Waals surface area contributed by atoms with Crippen molar-refractivity contribution in [3.05, 3.63) is 52.0 Å². The van der Waals surface area contributed by atoms with E-state index in [4.69, 9.17) is 10.2 Å². The van der Waals surface area contributed by atoms with Crippen LogP contribution in [0.15, 0.2) is 40.6 Å². The van der Waals surface area contributed by atoms with E-state index in [0.717, 1.165) is 0 Å². The summed E-state index contributed by atoms with van der Waals surface area (Å²) in [6, 6.07) is 7.48. The van der Waals surface area contributed by atoms with Crippen molar-refractivity contribution in [2.45, 2.75) is 0 Å². The van der Waals surface area contributed by atoms with Gasteiger partial charge in [0.15, 0.2) is 0 Å². The summed E-state index contributed by atoms with van der Waals surface area (Å²) in [5.74, 6) is 0.236. The van der Waals surface area contributed by atoms with Crippen molar-refractivity contribution < 1.29 is 14.1 Å². The standard InChI is InChI=1S/C14H13N5O4/c1-16-14(20)18-10-4-2-3-9(15)13(10)17-11(18)7-8-5-6-12(23-8)19(21)22/h2-7,17H,15H2,1H3,(H,16,20). The van der Waals surface area contributed by atoms with E-state index < -0.39 is 4.92 Å². The minimum atomic E-state index is -0.632. The number of anilines is 3. The number of amides is 2. The molecule has 1 aromatic carbocycles. The summed E-state index contributed by atoms with van der Waals surface area (Å²) in [4.78, 5) is 23.6. The minimum Gasteiger partial charge on any atom is -0.401 e. The molecule has 2 aromatic rings. The molecule has 0 radical (unpaired) electrons. The number of carbonyl (C=O) groups is 1. The van der Waals surface area contributed by atoms with Crippen LogP contribution in [0.25, 0.3) is 6.08 Å². The van der Waals surface area contributed by atoms with Gasteiger partial charge in [-0.05, 0) is 18.2 Å². The highest BCUT2D eigenvalue weighted by Gasteiger charge is 2.30. The molecule has 23 heavy (non-hydrogen) atoms. The second-order valence-corrected chi connectivity index (χ2v) is 4.72. The lowest BCUT2D eigenvalue weighted by atomic mass is 10.2. The normalized spacial score (nSPS) is 14.5. The fraction of sp³-hybridized carbons (Fsp3) is 0.0714. The van der Waals surface area contributed by atoms with Crippen LogP contribution in [0.5, 0.6) is 0 Å². The van der Waals surface area contributed by atoms with Gasteiger partial charge in [0.2, 0.25) is 0 Å². The van der Waals surface area contributed by atoms with Gasteiger partial charge in [-0.15, -0.1) is 0 Å². The molecule has 9 heteroatoms. The molecule has 0 aliphatic carbocycles. The highest BCUT2D eigenvalue weighted by atomic mass is 16.6. The third-order valence-corrected chi connectivity index (χ3v) is 3.30. The Labute approximate surface area is 130 Å². The van der Waals surface area contributed by atoms with Crippen molar-refractivity contribution in [2.75, 3.05) is 23.0 Å². The van der Waals surface area contributed by atoms with Crippen LogP contribution >= 0.6 is 0 Å². The van der Waals surface area contributed by atoms with Crippen LogP contribution in [0.1, 0.15) is 5.76 Å². The van der Waals surface area contributed by atoms with Gasteiger partial charge in [-0.2, -0.15) is 0 Å². The summed E-state index contributed by atoms with van der Waals surface area (Å²) in [6.45, 7) is 0. The summed E-state index contributed by atoms with van der Waals surface area (Å²) in [5, 5.41) is 16.2. The molecular weight excluding hydrogens is 302 g/mol. The predicted octanol–water partition coefficient (Wildman–Crippen LogP) is 2.34. The average Bonchev–Trinajstić information content (AvgIpc) is 3.12. The largest absolute Gasteiger partial charge is 0.433 e. The first-order chi connectivity index (χ1) is 11.0. The first-order valence-corrected chi connectivity index (χ1v) is 6.64. The molecule has 0 atom stereocenters. The molecule has 118 valence electrons. The lowest BCUT2D eigenvalue weighted by molar-refractivity contribution is -0.402. The minimum absolute atomic E-state index is 0.236. The molecule has 0 saturated carbocycles. The molecule has 0 unspecified atom stereocenters. The summed E-state index contributed by atoms with van der Waals surface area (Å²) in [5.41, 5.74) is 7.56. The number of furan rings is 1. The number of nitrogen functional groups attached to an aromatic ring is 1. The zero-order valence-electron chi connectivity index (χ0n) is 12.1. The van der Waals surface area contributed by atoms with E-state index in [1.807, 2.05) is 0 Å². The Kier molecular flexibility index (Phi) is 3.37. The van der Waals surface area contributed by atoms with Crippen LogP contribution in [0.3, 0.4) is 0 Å². The van der Waals surface area contributed by atoms with Crippen LogP contribution in [-0.2, 0) is 0 Å². The van der Waals surface area contributed by atoms with E-state index in [2.05, 4.69) is 10.6 Å². The number of hydrogen-bond donors (Lipinski definition) is 3. The molecule has 1 aliphatic heterocycles. The van der Waals surface area contributed by atoms with E-state index in [1.165, 1.54) is 30.2 Å². The fourth-order valence-electron chi connectivity index (χ4n) is 2.28. The topological polar surface area (TPSA) is 127 Å². The van der Waals surface area contributed by atoms with Crippen LogP contribution in [0, 0.1) is 10.1 Å². The van der Waals surface area contributed by atoms with Gasteiger partial charge in [-0.1, -0.05) is 6.07 Å². The third-order valence-electron chi connectivity index (χ3n) is 3.30. The van der Waals surface area contributed by atoms with Crippen molar-refractivity contribution in [2.24, 2.45) is 0 Å². The van der Waals surface area contributed by atoms with Crippen molar-refractivity contribution >= 4 is 35.1 Å². The number of nitrogens with two attached hydrogens (primary N) is 1. The summed E-state index contributed by atoms with van der Waals surface area (Å²) >= 11 is 0. The molecule has 0 fully saturated rings. The van der Waals surface area contributed by atoms with Gasteiger partial charge in [0.1, 0.15) is 16.5 Å². The van der Waals surface area contributed by atoms with E-state index in [1.54, 1.807) is 18.2 Å². The first-order valence-electron chi connectivity index (χ1n) is 6.64. The second-order valence-electron chi connectivity index (χ2n) is 4.72. The van der Waals surface area contributed by atoms with Crippen molar-refractivity contribution in [1.29, 1.82) is 0 Å².